The number of hydrogen-bond donors (Lipinski definition) is 0. The van der Waals surface area contributed by atoms with Crippen LogP contribution >= 0.6 is 0 Å². The van der Waals surface area contributed by atoms with E-state index in [2.05, 4.69) is 0 Å². The lowest BCUT2D eigenvalue weighted by Gasteiger charge is -2.33. The minimum Gasteiger partial charge on any atom is -0.478 e. The molecule has 0 spiro atoms. The summed E-state index contributed by atoms with van der Waals surface area (Å²) in [6.07, 6.45) is 3.55. The Labute approximate surface area is 146 Å². The molecule has 0 saturated heterocycles. The summed E-state index contributed by atoms with van der Waals surface area (Å²) in [4.78, 5) is 26.9. The van der Waals surface area contributed by atoms with Gasteiger partial charge in [-0.25, -0.2) is 0 Å². The smallest absolute Gasteiger partial charge is 0.268 e. The second-order valence-corrected chi connectivity index (χ2v) is 6.23. The Morgan fingerprint density at radius 3 is 2.72 bits per heavy atom. The Balaban J connectivity index is 2.01. The fourth-order valence-electron chi connectivity index (χ4n) is 2.74. The van der Waals surface area contributed by atoms with Gasteiger partial charge in [-0.1, -0.05) is 18.6 Å². The van der Waals surface area contributed by atoms with E-state index in [-0.39, 0.29) is 17.5 Å². The maximum Gasteiger partial charge on any atom is 0.268 e. The number of anilines is 1. The van der Waals surface area contributed by atoms with Gasteiger partial charge in [-0.05, 0) is 50.6 Å². The Hall–Kier alpha value is -2.82. The summed E-state index contributed by atoms with van der Waals surface area (Å²) < 4.78 is 11.0. The van der Waals surface area contributed by atoms with Crippen molar-refractivity contribution in [3.63, 3.8) is 0 Å². The molecule has 0 N–H and O–H groups in total. The lowest BCUT2D eigenvalue weighted by atomic mass is 10.0. The van der Waals surface area contributed by atoms with Gasteiger partial charge in [0, 0.05) is 12.1 Å². The minimum absolute atomic E-state index is 0.0879. The van der Waals surface area contributed by atoms with E-state index in [1.54, 1.807) is 35.2 Å². The Bertz CT molecular complexity index is 816. The van der Waals surface area contributed by atoms with Gasteiger partial charge in [-0.2, -0.15) is 0 Å². The van der Waals surface area contributed by atoms with Crippen molar-refractivity contribution < 1.29 is 18.7 Å². The van der Waals surface area contributed by atoms with Gasteiger partial charge in [0.1, 0.15) is 5.75 Å². The van der Waals surface area contributed by atoms with E-state index in [1.807, 2.05) is 26.8 Å². The predicted octanol–water partition coefficient (Wildman–Crippen LogP) is 3.98. The van der Waals surface area contributed by atoms with Crippen LogP contribution in [0.3, 0.4) is 0 Å². The number of rotatable bonds is 5. The third-order valence-electron chi connectivity index (χ3n) is 4.12. The Morgan fingerprint density at radius 2 is 2.08 bits per heavy atom. The molecule has 0 saturated carbocycles. The van der Waals surface area contributed by atoms with E-state index in [9.17, 15) is 9.59 Å². The average molecular weight is 339 g/mol. The van der Waals surface area contributed by atoms with Crippen LogP contribution < -0.4 is 9.64 Å². The minimum atomic E-state index is -0.496. The quantitative estimate of drug-likeness (QED) is 0.611. The van der Waals surface area contributed by atoms with E-state index in [1.165, 1.54) is 6.26 Å². The predicted molar refractivity (Wildman–Crippen MR) is 95.1 cm³/mol. The fraction of sp³-hybridized carbons (Fsp3) is 0.300. The first-order valence-corrected chi connectivity index (χ1v) is 8.35. The molecule has 1 aromatic heterocycles. The normalized spacial score (nSPS) is 16.2. The van der Waals surface area contributed by atoms with Crippen LogP contribution in [0.15, 0.2) is 52.7 Å². The van der Waals surface area contributed by atoms with Crippen LogP contribution in [-0.4, -0.2) is 24.3 Å². The Morgan fingerprint density at radius 1 is 1.28 bits per heavy atom. The van der Waals surface area contributed by atoms with Crippen LogP contribution in [0, 0.1) is 0 Å². The molecule has 1 unspecified atom stereocenters. The highest BCUT2D eigenvalue weighted by molar-refractivity contribution is 6.09. The number of nitrogens with zero attached hydrogens (tertiary/aromatic N) is 1. The topological polar surface area (TPSA) is 59.8 Å². The third-order valence-corrected chi connectivity index (χ3v) is 4.12. The lowest BCUT2D eigenvalue weighted by molar-refractivity contribution is -0.126. The molecule has 5 nitrogen and oxygen atoms in total. The zero-order chi connectivity index (χ0) is 18.0. The van der Waals surface area contributed by atoms with E-state index in [4.69, 9.17) is 9.15 Å². The number of fused-ring (bicyclic) bond motifs is 1. The molecule has 1 aliphatic heterocycles. The fourth-order valence-corrected chi connectivity index (χ4v) is 2.74. The first kappa shape index (κ1) is 17.0. The van der Waals surface area contributed by atoms with Crippen LogP contribution in [0.1, 0.15) is 43.3 Å². The number of ether oxygens (including phenoxy) is 1. The molecule has 1 aromatic carbocycles. The number of carbonyl (C=O) groups is 2. The van der Waals surface area contributed by atoms with Crippen molar-refractivity contribution in [2.24, 2.45) is 0 Å². The molecule has 25 heavy (non-hydrogen) atoms. The van der Waals surface area contributed by atoms with Gasteiger partial charge < -0.3 is 14.1 Å². The molecule has 2 heterocycles. The number of benzene rings is 1. The molecule has 3 rings (SSSR count). The largest absolute Gasteiger partial charge is 0.478 e. The first-order valence-electron chi connectivity index (χ1n) is 8.35. The molecule has 0 bridgehead atoms. The van der Waals surface area contributed by atoms with Crippen LogP contribution in [-0.2, 0) is 4.79 Å². The van der Waals surface area contributed by atoms with Crippen LogP contribution in [0.4, 0.5) is 5.69 Å². The van der Waals surface area contributed by atoms with Gasteiger partial charge in [0.2, 0.25) is 5.78 Å². The molecule has 130 valence electrons. The SMILES string of the molecule is CCC1Oc2ccc(C(=O)c3ccco3)cc2N(CC=C(C)C)C1=O. The van der Waals surface area contributed by atoms with Crippen LogP contribution in [0.5, 0.6) is 5.75 Å². The number of hydrogen-bond acceptors (Lipinski definition) is 4. The first-order chi connectivity index (χ1) is 12.0. The third kappa shape index (κ3) is 3.36. The molecule has 1 amide bonds. The van der Waals surface area contributed by atoms with Crippen molar-refractivity contribution in [1.82, 2.24) is 0 Å². The number of carbonyl (C=O) groups excluding carboxylic acids is 2. The van der Waals surface area contributed by atoms with Gasteiger partial charge in [0.05, 0.1) is 12.0 Å². The zero-order valence-corrected chi connectivity index (χ0v) is 14.6. The number of allylic oxidation sites excluding steroid dienone is 1. The highest BCUT2D eigenvalue weighted by Gasteiger charge is 2.33. The highest BCUT2D eigenvalue weighted by Crippen LogP contribution is 2.36. The van der Waals surface area contributed by atoms with Gasteiger partial charge >= 0.3 is 0 Å². The summed E-state index contributed by atoms with van der Waals surface area (Å²) in [5, 5.41) is 0. The maximum absolute atomic E-state index is 12.7. The maximum atomic E-state index is 12.7. The van der Waals surface area contributed by atoms with Crippen LogP contribution in [0.2, 0.25) is 0 Å². The number of furan rings is 1. The summed E-state index contributed by atoms with van der Waals surface area (Å²) in [5.74, 6) is 0.574. The zero-order valence-electron chi connectivity index (χ0n) is 14.6. The molecule has 1 atom stereocenters. The van der Waals surface area contributed by atoms with E-state index in [0.717, 1.165) is 5.57 Å². The van der Waals surface area contributed by atoms with Gasteiger partial charge in [0.15, 0.2) is 11.9 Å². The van der Waals surface area contributed by atoms with Crippen molar-refractivity contribution in [2.75, 3.05) is 11.4 Å². The van der Waals surface area contributed by atoms with E-state index >= 15 is 0 Å². The molecule has 0 radical (unpaired) electrons. The van der Waals surface area contributed by atoms with Crippen molar-refractivity contribution in [1.29, 1.82) is 0 Å². The summed E-state index contributed by atoms with van der Waals surface area (Å²) in [6.45, 7) is 6.34. The molecule has 0 aliphatic carbocycles. The number of amides is 1. The summed E-state index contributed by atoms with van der Waals surface area (Å²) in [7, 11) is 0. The van der Waals surface area contributed by atoms with Crippen LogP contribution in [0.25, 0.3) is 0 Å². The monoisotopic (exact) mass is 339 g/mol. The van der Waals surface area contributed by atoms with Crippen molar-refractivity contribution >= 4 is 17.4 Å². The van der Waals surface area contributed by atoms with Gasteiger partial charge in [0.25, 0.3) is 5.91 Å². The van der Waals surface area contributed by atoms with Crippen molar-refractivity contribution in [3.8, 4) is 5.75 Å². The molecule has 2 aromatic rings. The molecular formula is C20H21NO4. The average Bonchev–Trinajstić information content (AvgIpc) is 3.13. The number of ketones is 1. The Kier molecular flexibility index (Phi) is 4.74. The van der Waals surface area contributed by atoms with E-state index < -0.39 is 6.10 Å². The molecular weight excluding hydrogens is 318 g/mol. The second kappa shape index (κ2) is 6.97. The van der Waals surface area contributed by atoms with E-state index in [0.29, 0.717) is 30.0 Å². The summed E-state index contributed by atoms with van der Waals surface area (Å²) in [5.41, 5.74) is 2.20. The lowest BCUT2D eigenvalue weighted by Crippen LogP contribution is -2.45. The second-order valence-electron chi connectivity index (χ2n) is 6.23. The molecule has 5 heteroatoms. The summed E-state index contributed by atoms with van der Waals surface area (Å²) >= 11 is 0. The standard InChI is InChI=1S/C20H21NO4/c1-4-16-20(23)21(10-9-13(2)3)15-12-14(7-8-17(15)25-16)19(22)18-6-5-11-24-18/h5-9,11-12,16H,4,10H2,1-3H3. The van der Waals surface area contributed by atoms with Crippen molar-refractivity contribution in [3.05, 3.63) is 59.6 Å². The highest BCUT2D eigenvalue weighted by atomic mass is 16.5. The molecule has 1 aliphatic rings. The van der Waals surface area contributed by atoms with Crippen molar-refractivity contribution in [2.45, 2.75) is 33.3 Å². The summed E-state index contributed by atoms with van der Waals surface area (Å²) in [6, 6.07) is 8.44. The van der Waals surface area contributed by atoms with Gasteiger partial charge in [-0.3, -0.25) is 9.59 Å². The van der Waals surface area contributed by atoms with Gasteiger partial charge in [-0.15, -0.1) is 0 Å². The molecule has 0 fully saturated rings.